The zero-order valence-electron chi connectivity index (χ0n) is 9.77. The van der Waals surface area contributed by atoms with E-state index in [0.717, 1.165) is 6.42 Å². The highest BCUT2D eigenvalue weighted by molar-refractivity contribution is 5.79. The molecule has 2 heteroatoms. The van der Waals surface area contributed by atoms with E-state index in [4.69, 9.17) is 0 Å². The summed E-state index contributed by atoms with van der Waals surface area (Å²) in [4.78, 5) is 11.7. The Morgan fingerprint density at radius 1 is 1.31 bits per heavy atom. The van der Waals surface area contributed by atoms with Crippen molar-refractivity contribution in [1.82, 2.24) is 5.32 Å². The summed E-state index contributed by atoms with van der Waals surface area (Å²) in [7, 11) is 0. The van der Waals surface area contributed by atoms with Gasteiger partial charge in [0.15, 0.2) is 0 Å². The first-order chi connectivity index (χ1) is 5.79. The van der Waals surface area contributed by atoms with Crippen LogP contribution in [0.5, 0.6) is 0 Å². The van der Waals surface area contributed by atoms with Crippen molar-refractivity contribution in [2.75, 3.05) is 0 Å². The van der Waals surface area contributed by atoms with Gasteiger partial charge in [-0.25, -0.2) is 0 Å². The Hall–Kier alpha value is -0.530. The summed E-state index contributed by atoms with van der Waals surface area (Å²) < 4.78 is 0. The van der Waals surface area contributed by atoms with E-state index in [1.165, 1.54) is 0 Å². The molecule has 13 heavy (non-hydrogen) atoms. The Morgan fingerprint density at radius 3 is 2.00 bits per heavy atom. The van der Waals surface area contributed by atoms with Gasteiger partial charge in [0.1, 0.15) is 0 Å². The van der Waals surface area contributed by atoms with E-state index in [0.29, 0.717) is 0 Å². The Bertz CT molecular complexity index is 167. The topological polar surface area (TPSA) is 29.1 Å². The monoisotopic (exact) mass is 185 g/mol. The van der Waals surface area contributed by atoms with Crippen molar-refractivity contribution >= 4 is 5.91 Å². The molecule has 1 amide bonds. The van der Waals surface area contributed by atoms with Crippen LogP contribution in [0.25, 0.3) is 0 Å². The molecule has 0 aliphatic rings. The molecule has 78 valence electrons. The van der Waals surface area contributed by atoms with Crippen LogP contribution in [0.3, 0.4) is 0 Å². The van der Waals surface area contributed by atoms with Crippen LogP contribution in [-0.2, 0) is 4.79 Å². The standard InChI is InChI=1S/C11H23NO/c1-7-9(11(4,5)6)10(13)12-8(2)3/h8-9H,7H2,1-6H3,(H,12,13). The molecule has 1 N–H and O–H groups in total. The van der Waals surface area contributed by atoms with Crippen LogP contribution in [0.2, 0.25) is 0 Å². The van der Waals surface area contributed by atoms with Crippen molar-refractivity contribution in [3.63, 3.8) is 0 Å². The molecule has 1 unspecified atom stereocenters. The van der Waals surface area contributed by atoms with Gasteiger partial charge >= 0.3 is 0 Å². The third kappa shape index (κ3) is 4.30. The highest BCUT2D eigenvalue weighted by atomic mass is 16.1. The van der Waals surface area contributed by atoms with Crippen molar-refractivity contribution < 1.29 is 4.79 Å². The van der Waals surface area contributed by atoms with Gasteiger partial charge in [0.2, 0.25) is 5.91 Å². The molecule has 0 aromatic heterocycles. The van der Waals surface area contributed by atoms with E-state index in [-0.39, 0.29) is 23.3 Å². The molecule has 0 rings (SSSR count). The third-order valence-corrected chi connectivity index (χ3v) is 2.20. The van der Waals surface area contributed by atoms with Crippen molar-refractivity contribution in [3.05, 3.63) is 0 Å². The van der Waals surface area contributed by atoms with Crippen LogP contribution in [0.15, 0.2) is 0 Å². The van der Waals surface area contributed by atoms with Crippen molar-refractivity contribution in [2.45, 2.75) is 54.0 Å². The minimum absolute atomic E-state index is 0.0632. The maximum atomic E-state index is 11.7. The van der Waals surface area contributed by atoms with E-state index in [2.05, 4.69) is 33.0 Å². The molecule has 0 bridgehead atoms. The van der Waals surface area contributed by atoms with E-state index in [1.807, 2.05) is 13.8 Å². The molecule has 0 heterocycles. The van der Waals surface area contributed by atoms with Gasteiger partial charge in [-0.3, -0.25) is 4.79 Å². The number of carbonyl (C=O) groups is 1. The second-order valence-corrected chi connectivity index (χ2v) is 4.99. The fourth-order valence-corrected chi connectivity index (χ4v) is 1.58. The zero-order valence-corrected chi connectivity index (χ0v) is 9.77. The molecule has 0 radical (unpaired) electrons. The third-order valence-electron chi connectivity index (χ3n) is 2.20. The molecule has 0 saturated carbocycles. The number of rotatable bonds is 3. The summed E-state index contributed by atoms with van der Waals surface area (Å²) in [5.74, 6) is 0.305. The largest absolute Gasteiger partial charge is 0.354 e. The summed E-state index contributed by atoms with van der Waals surface area (Å²) in [5.41, 5.74) is 0.0632. The highest BCUT2D eigenvalue weighted by Crippen LogP contribution is 2.28. The quantitative estimate of drug-likeness (QED) is 0.719. The van der Waals surface area contributed by atoms with Crippen LogP contribution in [-0.4, -0.2) is 11.9 Å². The van der Waals surface area contributed by atoms with Gasteiger partial charge in [0, 0.05) is 12.0 Å². The number of hydrogen-bond donors (Lipinski definition) is 1. The Balaban J connectivity index is 4.33. The molecule has 1 atom stereocenters. The summed E-state index contributed by atoms with van der Waals surface area (Å²) in [6.07, 6.45) is 0.905. The molecule has 2 nitrogen and oxygen atoms in total. The lowest BCUT2D eigenvalue weighted by Crippen LogP contribution is -2.40. The van der Waals surface area contributed by atoms with Crippen LogP contribution in [0.1, 0.15) is 48.0 Å². The minimum atomic E-state index is 0.0632. The Kier molecular flexibility index (Phi) is 4.45. The van der Waals surface area contributed by atoms with Gasteiger partial charge in [-0.2, -0.15) is 0 Å². The normalized spacial score (nSPS) is 14.4. The Morgan fingerprint density at radius 2 is 1.77 bits per heavy atom. The molecule has 0 aromatic carbocycles. The van der Waals surface area contributed by atoms with E-state index >= 15 is 0 Å². The molecule has 0 fully saturated rings. The van der Waals surface area contributed by atoms with Crippen molar-refractivity contribution in [3.8, 4) is 0 Å². The van der Waals surface area contributed by atoms with Crippen molar-refractivity contribution in [2.24, 2.45) is 11.3 Å². The number of nitrogens with one attached hydrogen (secondary N) is 1. The smallest absolute Gasteiger partial charge is 0.223 e. The van der Waals surface area contributed by atoms with Gasteiger partial charge in [-0.05, 0) is 25.7 Å². The highest BCUT2D eigenvalue weighted by Gasteiger charge is 2.29. The number of hydrogen-bond acceptors (Lipinski definition) is 1. The summed E-state index contributed by atoms with van der Waals surface area (Å²) >= 11 is 0. The molecule has 0 aliphatic carbocycles. The molecule has 0 aliphatic heterocycles. The first-order valence-electron chi connectivity index (χ1n) is 5.09. The average Bonchev–Trinajstić information content (AvgIpc) is 1.82. The van der Waals surface area contributed by atoms with Crippen LogP contribution in [0, 0.1) is 11.3 Å². The fourth-order valence-electron chi connectivity index (χ4n) is 1.58. The zero-order chi connectivity index (χ0) is 10.6. The maximum absolute atomic E-state index is 11.7. The first kappa shape index (κ1) is 12.5. The molecule has 0 spiro atoms. The lowest BCUT2D eigenvalue weighted by Gasteiger charge is -2.29. The summed E-state index contributed by atoms with van der Waals surface area (Å²) in [5, 5.41) is 2.96. The first-order valence-corrected chi connectivity index (χ1v) is 5.09. The predicted octanol–water partition coefficient (Wildman–Crippen LogP) is 2.58. The van der Waals surface area contributed by atoms with E-state index < -0.39 is 0 Å². The van der Waals surface area contributed by atoms with Gasteiger partial charge in [-0.1, -0.05) is 27.7 Å². The Labute approximate surface area is 82.1 Å². The number of amides is 1. The average molecular weight is 185 g/mol. The van der Waals surface area contributed by atoms with Crippen molar-refractivity contribution in [1.29, 1.82) is 0 Å². The molecule has 0 saturated heterocycles. The maximum Gasteiger partial charge on any atom is 0.223 e. The summed E-state index contributed by atoms with van der Waals surface area (Å²) in [6.45, 7) is 12.4. The summed E-state index contributed by atoms with van der Waals surface area (Å²) in [6, 6.07) is 0.240. The molecule has 0 aromatic rings. The van der Waals surface area contributed by atoms with Crippen LogP contribution >= 0.6 is 0 Å². The minimum Gasteiger partial charge on any atom is -0.354 e. The van der Waals surface area contributed by atoms with Crippen LogP contribution < -0.4 is 5.32 Å². The van der Waals surface area contributed by atoms with Gasteiger partial charge in [0.05, 0.1) is 0 Å². The molecular weight excluding hydrogens is 162 g/mol. The SMILES string of the molecule is CCC(C(=O)NC(C)C)C(C)(C)C. The fraction of sp³-hybridized carbons (Fsp3) is 0.909. The van der Waals surface area contributed by atoms with Gasteiger partial charge in [0.25, 0.3) is 0 Å². The predicted molar refractivity (Wildman–Crippen MR) is 56.5 cm³/mol. The lowest BCUT2D eigenvalue weighted by atomic mass is 9.78. The van der Waals surface area contributed by atoms with Crippen LogP contribution in [0.4, 0.5) is 0 Å². The second kappa shape index (κ2) is 4.64. The second-order valence-electron chi connectivity index (χ2n) is 4.99. The molecular formula is C11H23NO. The van der Waals surface area contributed by atoms with E-state index in [9.17, 15) is 4.79 Å². The van der Waals surface area contributed by atoms with Gasteiger partial charge in [-0.15, -0.1) is 0 Å². The van der Waals surface area contributed by atoms with Gasteiger partial charge < -0.3 is 5.32 Å². The number of carbonyl (C=O) groups excluding carboxylic acids is 1. The van der Waals surface area contributed by atoms with E-state index in [1.54, 1.807) is 0 Å². The lowest BCUT2D eigenvalue weighted by molar-refractivity contribution is -0.128.